The van der Waals surface area contributed by atoms with Crippen molar-refractivity contribution in [3.63, 3.8) is 0 Å². The maximum absolute atomic E-state index is 14.0. The van der Waals surface area contributed by atoms with Crippen LogP contribution in [0.1, 0.15) is 48.3 Å². The van der Waals surface area contributed by atoms with Crippen molar-refractivity contribution in [2.24, 2.45) is 0 Å². The Bertz CT molecular complexity index is 1330. The number of benzene rings is 2. The third kappa shape index (κ3) is 6.37. The van der Waals surface area contributed by atoms with E-state index in [0.717, 1.165) is 6.07 Å². The van der Waals surface area contributed by atoms with Gasteiger partial charge in [-0.25, -0.2) is 14.0 Å². The van der Waals surface area contributed by atoms with Gasteiger partial charge in [0.05, 0.1) is 23.8 Å². The highest BCUT2D eigenvalue weighted by Crippen LogP contribution is 2.39. The average molecular weight is 577 g/mol. The fourth-order valence-electron chi connectivity index (χ4n) is 5.35. The summed E-state index contributed by atoms with van der Waals surface area (Å²) >= 11 is 0. The molecule has 12 heteroatoms. The second kappa shape index (κ2) is 12.3. The van der Waals surface area contributed by atoms with Crippen LogP contribution in [0.2, 0.25) is 0 Å². The van der Waals surface area contributed by atoms with Crippen molar-refractivity contribution in [3.05, 3.63) is 82.3 Å². The third-order valence-electron chi connectivity index (χ3n) is 7.26. The highest BCUT2D eigenvalue weighted by Gasteiger charge is 2.43. The molecule has 1 saturated heterocycles. The van der Waals surface area contributed by atoms with E-state index in [-0.39, 0.29) is 48.5 Å². The van der Waals surface area contributed by atoms with Crippen LogP contribution >= 0.6 is 0 Å². The molecule has 2 heterocycles. The number of hydrogen-bond donors (Lipinski definition) is 1. The Kier molecular flexibility index (Phi) is 9.01. The average Bonchev–Trinajstić information content (AvgIpc) is 2.92. The second-order valence-electron chi connectivity index (χ2n) is 9.88. The number of hydrogen-bond acceptors (Lipinski definition) is 5. The minimum Gasteiger partial charge on any atom is -0.463 e. The van der Waals surface area contributed by atoms with Gasteiger partial charge in [-0.05, 0) is 56.7 Å². The number of urea groups is 1. The second-order valence-corrected chi connectivity index (χ2v) is 9.88. The maximum atomic E-state index is 14.0. The number of alkyl halides is 3. The summed E-state index contributed by atoms with van der Waals surface area (Å²) in [5, 5.41) is 2.59. The van der Waals surface area contributed by atoms with Crippen molar-refractivity contribution in [1.82, 2.24) is 20.0 Å². The molecule has 0 radical (unpaired) electrons. The van der Waals surface area contributed by atoms with E-state index < -0.39 is 35.6 Å². The third-order valence-corrected chi connectivity index (χ3v) is 7.26. The number of carbonyl (C=O) groups excluding carboxylic acids is 3. The summed E-state index contributed by atoms with van der Waals surface area (Å²) in [6, 6.07) is 7.83. The van der Waals surface area contributed by atoms with Gasteiger partial charge in [0.1, 0.15) is 5.82 Å². The summed E-state index contributed by atoms with van der Waals surface area (Å²) in [7, 11) is 0. The number of amides is 3. The van der Waals surface area contributed by atoms with Gasteiger partial charge >= 0.3 is 18.2 Å². The Morgan fingerprint density at radius 1 is 1.05 bits per heavy atom. The Morgan fingerprint density at radius 2 is 1.73 bits per heavy atom. The van der Waals surface area contributed by atoms with Gasteiger partial charge < -0.3 is 15.0 Å². The Morgan fingerprint density at radius 3 is 2.34 bits per heavy atom. The Balaban J connectivity index is 1.68. The van der Waals surface area contributed by atoms with Crippen LogP contribution < -0.4 is 5.32 Å². The Labute approximate surface area is 235 Å². The lowest BCUT2D eigenvalue weighted by Crippen LogP contribution is -2.56. The monoisotopic (exact) mass is 576 g/mol. The first-order valence-electron chi connectivity index (χ1n) is 13.4. The summed E-state index contributed by atoms with van der Waals surface area (Å²) in [5.41, 5.74) is -0.679. The van der Waals surface area contributed by atoms with Crippen molar-refractivity contribution in [1.29, 1.82) is 0 Å². The van der Waals surface area contributed by atoms with Crippen LogP contribution in [0.15, 0.2) is 59.8 Å². The maximum Gasteiger partial charge on any atom is 0.416 e. The summed E-state index contributed by atoms with van der Waals surface area (Å²) in [6.07, 6.45) is -4.72. The number of ether oxygens (including phenoxy) is 1. The van der Waals surface area contributed by atoms with Gasteiger partial charge in [-0.2, -0.15) is 13.2 Å². The smallest absolute Gasteiger partial charge is 0.416 e. The van der Waals surface area contributed by atoms with Crippen LogP contribution in [-0.4, -0.2) is 78.0 Å². The number of nitrogens with one attached hydrogen (secondary N) is 1. The molecule has 4 rings (SSSR count). The van der Waals surface area contributed by atoms with E-state index in [1.54, 1.807) is 18.7 Å². The standard InChI is InChI=1S/C29H32F4N4O4/c1-4-36-23(17-35-14-15-37(18(3)16-35)26(38)19-10-12-20(30)13-11-19)24(27(39)41-5-2)25(34-28(36)40)21-8-6-7-9-22(21)29(31,32)33/h6-13,18,25H,4-5,14-17H2,1-3H3,(H,34,40). The van der Waals surface area contributed by atoms with Gasteiger partial charge in [-0.1, -0.05) is 18.2 Å². The van der Waals surface area contributed by atoms with Crippen LogP contribution in [0.4, 0.5) is 22.4 Å². The molecule has 2 aliphatic heterocycles. The van der Waals surface area contributed by atoms with Gasteiger partial charge in [0.25, 0.3) is 5.91 Å². The van der Waals surface area contributed by atoms with E-state index in [0.29, 0.717) is 25.2 Å². The molecule has 1 fully saturated rings. The molecule has 2 aliphatic rings. The van der Waals surface area contributed by atoms with Gasteiger partial charge in [-0.3, -0.25) is 14.6 Å². The van der Waals surface area contributed by atoms with E-state index in [1.165, 1.54) is 47.4 Å². The Hall–Kier alpha value is -3.93. The lowest BCUT2D eigenvalue weighted by Gasteiger charge is -2.43. The fourth-order valence-corrected chi connectivity index (χ4v) is 5.35. The minimum atomic E-state index is -4.72. The SMILES string of the molecule is CCOC(=O)C1=C(CN2CCN(C(=O)c3ccc(F)cc3)C(C)C2)N(CC)C(=O)NC1c1ccccc1C(F)(F)F. The first kappa shape index (κ1) is 30.0. The zero-order valence-electron chi connectivity index (χ0n) is 23.0. The first-order chi connectivity index (χ1) is 19.5. The van der Waals surface area contributed by atoms with E-state index in [4.69, 9.17) is 4.74 Å². The van der Waals surface area contributed by atoms with Gasteiger partial charge in [0, 0.05) is 50.0 Å². The summed E-state index contributed by atoms with van der Waals surface area (Å²) in [5.74, 6) is -1.51. The summed E-state index contributed by atoms with van der Waals surface area (Å²) in [4.78, 5) is 44.5. The minimum absolute atomic E-state index is 0.00940. The molecule has 2 aromatic rings. The van der Waals surface area contributed by atoms with Crippen molar-refractivity contribution in [2.75, 3.05) is 39.3 Å². The summed E-state index contributed by atoms with van der Waals surface area (Å²) in [6.45, 7) is 6.43. The lowest BCUT2D eigenvalue weighted by atomic mass is 9.90. The highest BCUT2D eigenvalue weighted by atomic mass is 19.4. The molecule has 2 aromatic carbocycles. The molecule has 2 unspecified atom stereocenters. The molecule has 220 valence electrons. The number of esters is 1. The fraction of sp³-hybridized carbons (Fsp3) is 0.414. The molecule has 2 atom stereocenters. The van der Waals surface area contributed by atoms with Gasteiger partial charge in [0.2, 0.25) is 0 Å². The molecule has 0 bridgehead atoms. The molecule has 0 spiro atoms. The number of halogens is 4. The van der Waals surface area contributed by atoms with Gasteiger partial charge in [-0.15, -0.1) is 0 Å². The van der Waals surface area contributed by atoms with E-state index in [1.807, 2.05) is 11.8 Å². The van der Waals surface area contributed by atoms with Crippen LogP contribution in [0, 0.1) is 5.82 Å². The molecule has 0 aromatic heterocycles. The lowest BCUT2D eigenvalue weighted by molar-refractivity contribution is -0.141. The van der Waals surface area contributed by atoms with Crippen LogP contribution in [0.5, 0.6) is 0 Å². The van der Waals surface area contributed by atoms with Gasteiger partial charge in [0.15, 0.2) is 0 Å². The molecular formula is C29H32F4N4O4. The van der Waals surface area contributed by atoms with Crippen LogP contribution in [-0.2, 0) is 15.7 Å². The zero-order chi connectivity index (χ0) is 29.9. The molecule has 41 heavy (non-hydrogen) atoms. The predicted octanol–water partition coefficient (Wildman–Crippen LogP) is 4.59. The van der Waals surface area contributed by atoms with Crippen molar-refractivity contribution < 1.29 is 36.7 Å². The molecular weight excluding hydrogens is 544 g/mol. The highest BCUT2D eigenvalue weighted by molar-refractivity contribution is 5.96. The number of piperazine rings is 1. The molecule has 8 nitrogen and oxygen atoms in total. The predicted molar refractivity (Wildman–Crippen MR) is 142 cm³/mol. The first-order valence-corrected chi connectivity index (χ1v) is 13.4. The zero-order valence-corrected chi connectivity index (χ0v) is 23.0. The topological polar surface area (TPSA) is 82.2 Å². The number of rotatable bonds is 7. The number of nitrogens with zero attached hydrogens (tertiary/aromatic N) is 3. The van der Waals surface area contributed by atoms with E-state index >= 15 is 0 Å². The largest absolute Gasteiger partial charge is 0.463 e. The normalized spacial score (nSPS) is 20.2. The molecule has 0 saturated carbocycles. The van der Waals surface area contributed by atoms with E-state index in [2.05, 4.69) is 5.32 Å². The van der Waals surface area contributed by atoms with Crippen molar-refractivity contribution in [3.8, 4) is 0 Å². The molecule has 0 aliphatic carbocycles. The van der Waals surface area contributed by atoms with Crippen molar-refractivity contribution >= 4 is 17.9 Å². The number of carbonyl (C=O) groups is 3. The van der Waals surface area contributed by atoms with Crippen LogP contribution in [0.3, 0.4) is 0 Å². The molecule has 1 N–H and O–H groups in total. The molecule has 3 amide bonds. The number of likely N-dealkylation sites (N-methyl/N-ethyl adjacent to an activating group) is 1. The van der Waals surface area contributed by atoms with E-state index in [9.17, 15) is 31.9 Å². The summed E-state index contributed by atoms with van der Waals surface area (Å²) < 4.78 is 60.5. The van der Waals surface area contributed by atoms with Crippen LogP contribution in [0.25, 0.3) is 0 Å². The van der Waals surface area contributed by atoms with Crippen molar-refractivity contribution in [2.45, 2.75) is 39.0 Å². The quantitative estimate of drug-likeness (QED) is 0.385.